The van der Waals surface area contributed by atoms with Crippen molar-refractivity contribution in [3.8, 4) is 55.6 Å². The van der Waals surface area contributed by atoms with Gasteiger partial charge >= 0.3 is 0 Å². The quantitative estimate of drug-likeness (QED) is 0.129. The predicted octanol–water partition coefficient (Wildman–Crippen LogP) is 17.0. The lowest BCUT2D eigenvalue weighted by molar-refractivity contribution is 1.28. The smallest absolute Gasteiger partial charge is 0.0467 e. The Labute approximate surface area is 364 Å². The fourth-order valence-electron chi connectivity index (χ4n) is 8.28. The average molecular weight is 793 g/mol. The topological polar surface area (TPSA) is 6.48 Å². The van der Waals surface area contributed by atoms with Gasteiger partial charge < -0.3 is 9.80 Å². The highest BCUT2D eigenvalue weighted by Crippen LogP contribution is 2.40. The Morgan fingerprint density at radius 2 is 0.355 bits per heavy atom. The van der Waals surface area contributed by atoms with E-state index in [0.717, 1.165) is 45.3 Å². The normalized spacial score (nSPS) is 10.9. The zero-order chi connectivity index (χ0) is 41.5. The molecule has 0 unspecified atom stereocenters. The summed E-state index contributed by atoms with van der Waals surface area (Å²) >= 11 is 0. The molecule has 0 bridgehead atoms. The van der Waals surface area contributed by atoms with Crippen LogP contribution in [0.4, 0.5) is 34.1 Å². The van der Waals surface area contributed by atoms with Crippen LogP contribution in [0.5, 0.6) is 0 Å². The molecule has 0 spiro atoms. The summed E-state index contributed by atoms with van der Waals surface area (Å²) in [7, 11) is 0. The monoisotopic (exact) mass is 792 g/mol. The Hall–Kier alpha value is -8.20. The first kappa shape index (κ1) is 38.0. The van der Waals surface area contributed by atoms with Gasteiger partial charge in [-0.15, -0.1) is 0 Å². The van der Waals surface area contributed by atoms with Gasteiger partial charge in [0.15, 0.2) is 0 Å². The molecule has 0 saturated heterocycles. The standard InChI is InChI=1S/C60H44N2/c1-5-15-45(16-6-1)47-27-31-51(32-28-47)53-19-13-25-59(43-53)61(55-21-9-3-10-22-55)57-39-35-49(36-40-57)50-37-41-58(42-38-50)62(56-23-11-4-12-24-56)60-26-14-20-54(44-60)52-33-29-48(30-34-52)46-17-7-2-8-18-46/h1-44H. The van der Waals surface area contributed by atoms with Crippen LogP contribution in [0.25, 0.3) is 55.6 Å². The number of rotatable bonds is 11. The van der Waals surface area contributed by atoms with Crippen molar-refractivity contribution >= 4 is 34.1 Å². The highest BCUT2D eigenvalue weighted by atomic mass is 15.1. The first-order valence-corrected chi connectivity index (χ1v) is 21.2. The van der Waals surface area contributed by atoms with E-state index in [2.05, 4.69) is 277 Å². The minimum Gasteiger partial charge on any atom is -0.310 e. The van der Waals surface area contributed by atoms with Crippen molar-refractivity contribution < 1.29 is 0 Å². The third-order valence-electron chi connectivity index (χ3n) is 11.5. The molecule has 2 nitrogen and oxygen atoms in total. The molecule has 0 amide bonds. The third-order valence-corrected chi connectivity index (χ3v) is 11.5. The summed E-state index contributed by atoms with van der Waals surface area (Å²) in [6, 6.07) is 95.5. The molecule has 0 atom stereocenters. The summed E-state index contributed by atoms with van der Waals surface area (Å²) in [5.41, 5.74) is 18.5. The number of anilines is 6. The highest BCUT2D eigenvalue weighted by molar-refractivity contribution is 5.84. The summed E-state index contributed by atoms with van der Waals surface area (Å²) in [4.78, 5) is 4.66. The van der Waals surface area contributed by atoms with Gasteiger partial charge in [0.25, 0.3) is 0 Å². The van der Waals surface area contributed by atoms with Gasteiger partial charge in [0.05, 0.1) is 0 Å². The van der Waals surface area contributed by atoms with Crippen molar-refractivity contribution in [2.24, 2.45) is 0 Å². The molecule has 0 radical (unpaired) electrons. The van der Waals surface area contributed by atoms with Gasteiger partial charge in [-0.25, -0.2) is 0 Å². The SMILES string of the molecule is c1ccc(-c2ccc(-c3cccc(N(c4ccccc4)c4ccc(-c5ccc(N(c6ccccc6)c6cccc(-c7ccc(-c8ccccc8)cc7)c6)cc5)cc4)c3)cc2)cc1. The molecule has 10 aromatic rings. The van der Waals surface area contributed by atoms with Crippen molar-refractivity contribution in [2.45, 2.75) is 0 Å². The zero-order valence-corrected chi connectivity index (χ0v) is 34.3. The Kier molecular flexibility index (Phi) is 10.8. The summed E-state index contributed by atoms with van der Waals surface area (Å²) in [5.74, 6) is 0. The molecule has 2 heteroatoms. The number of hydrogen-bond donors (Lipinski definition) is 0. The second kappa shape index (κ2) is 17.6. The maximum Gasteiger partial charge on any atom is 0.0467 e. The van der Waals surface area contributed by atoms with E-state index in [-0.39, 0.29) is 0 Å². The number of para-hydroxylation sites is 2. The van der Waals surface area contributed by atoms with E-state index in [1.807, 2.05) is 0 Å². The summed E-state index contributed by atoms with van der Waals surface area (Å²) in [5, 5.41) is 0. The van der Waals surface area contributed by atoms with Gasteiger partial charge in [0, 0.05) is 34.1 Å². The molecule has 0 aliphatic carbocycles. The number of hydrogen-bond acceptors (Lipinski definition) is 2. The van der Waals surface area contributed by atoms with Crippen molar-refractivity contribution in [1.29, 1.82) is 0 Å². The molecule has 62 heavy (non-hydrogen) atoms. The lowest BCUT2D eigenvalue weighted by atomic mass is 9.99. The van der Waals surface area contributed by atoms with Crippen LogP contribution >= 0.6 is 0 Å². The third kappa shape index (κ3) is 8.18. The van der Waals surface area contributed by atoms with E-state index >= 15 is 0 Å². The molecule has 0 aliphatic heterocycles. The van der Waals surface area contributed by atoms with E-state index < -0.39 is 0 Å². The fourth-order valence-corrected chi connectivity index (χ4v) is 8.28. The van der Waals surface area contributed by atoms with Crippen molar-refractivity contribution in [2.75, 3.05) is 9.80 Å². The molecule has 294 valence electrons. The van der Waals surface area contributed by atoms with Crippen LogP contribution in [0.1, 0.15) is 0 Å². The molecular formula is C60H44N2. The van der Waals surface area contributed by atoms with Crippen LogP contribution in [-0.4, -0.2) is 0 Å². The lowest BCUT2D eigenvalue weighted by Gasteiger charge is -2.27. The Morgan fingerprint density at radius 1 is 0.145 bits per heavy atom. The first-order valence-electron chi connectivity index (χ1n) is 21.2. The van der Waals surface area contributed by atoms with Gasteiger partial charge in [-0.2, -0.15) is 0 Å². The van der Waals surface area contributed by atoms with Gasteiger partial charge in [0.2, 0.25) is 0 Å². The molecule has 10 aromatic carbocycles. The van der Waals surface area contributed by atoms with Crippen LogP contribution in [0, 0.1) is 0 Å². The van der Waals surface area contributed by atoms with Crippen molar-refractivity contribution in [3.63, 3.8) is 0 Å². The molecule has 0 aromatic heterocycles. The minimum absolute atomic E-state index is 1.10. The van der Waals surface area contributed by atoms with Crippen LogP contribution in [-0.2, 0) is 0 Å². The average Bonchev–Trinajstić information content (AvgIpc) is 3.36. The summed E-state index contributed by atoms with van der Waals surface area (Å²) in [6.45, 7) is 0. The highest BCUT2D eigenvalue weighted by Gasteiger charge is 2.16. The number of nitrogens with zero attached hydrogens (tertiary/aromatic N) is 2. The second-order valence-electron chi connectivity index (χ2n) is 15.4. The van der Waals surface area contributed by atoms with Crippen LogP contribution in [0.3, 0.4) is 0 Å². The van der Waals surface area contributed by atoms with Crippen LogP contribution in [0.2, 0.25) is 0 Å². The van der Waals surface area contributed by atoms with Gasteiger partial charge in [0.1, 0.15) is 0 Å². The van der Waals surface area contributed by atoms with E-state index in [9.17, 15) is 0 Å². The van der Waals surface area contributed by atoms with E-state index in [4.69, 9.17) is 0 Å². The molecular weight excluding hydrogens is 749 g/mol. The van der Waals surface area contributed by atoms with E-state index in [0.29, 0.717) is 0 Å². The van der Waals surface area contributed by atoms with Gasteiger partial charge in [-0.05, 0) is 128 Å². The van der Waals surface area contributed by atoms with Crippen molar-refractivity contribution in [3.05, 3.63) is 267 Å². The Morgan fingerprint density at radius 3 is 0.677 bits per heavy atom. The van der Waals surface area contributed by atoms with Crippen LogP contribution < -0.4 is 9.80 Å². The molecule has 0 fully saturated rings. The summed E-state index contributed by atoms with van der Waals surface area (Å²) < 4.78 is 0. The Bertz CT molecular complexity index is 2790. The molecule has 0 N–H and O–H groups in total. The zero-order valence-electron chi connectivity index (χ0n) is 34.3. The fraction of sp³-hybridized carbons (Fsp3) is 0. The largest absolute Gasteiger partial charge is 0.310 e. The maximum atomic E-state index is 2.33. The molecule has 0 heterocycles. The van der Waals surface area contributed by atoms with Gasteiger partial charge in [-0.1, -0.05) is 194 Å². The second-order valence-corrected chi connectivity index (χ2v) is 15.4. The minimum atomic E-state index is 1.10. The molecule has 0 aliphatic rings. The maximum absolute atomic E-state index is 2.33. The number of benzene rings is 10. The molecule has 0 saturated carbocycles. The van der Waals surface area contributed by atoms with E-state index in [1.54, 1.807) is 0 Å². The summed E-state index contributed by atoms with van der Waals surface area (Å²) in [6.07, 6.45) is 0. The first-order chi connectivity index (χ1) is 30.7. The van der Waals surface area contributed by atoms with Crippen LogP contribution in [0.15, 0.2) is 267 Å². The Balaban J connectivity index is 0.924. The predicted molar refractivity (Wildman–Crippen MR) is 263 cm³/mol. The lowest BCUT2D eigenvalue weighted by Crippen LogP contribution is -2.10. The van der Waals surface area contributed by atoms with Gasteiger partial charge in [-0.3, -0.25) is 0 Å². The molecule has 10 rings (SSSR count). The van der Waals surface area contributed by atoms with E-state index in [1.165, 1.54) is 44.5 Å². The van der Waals surface area contributed by atoms with Crippen molar-refractivity contribution in [1.82, 2.24) is 0 Å².